The fraction of sp³-hybridized carbons (Fsp3) is 0.857. The van der Waals surface area contributed by atoms with Gasteiger partial charge in [0, 0.05) is 13.8 Å². The Labute approximate surface area is 66.7 Å². The molecule has 3 N–H and O–H groups in total. The molecule has 1 rings (SSSR count). The van der Waals surface area contributed by atoms with E-state index in [-0.39, 0.29) is 5.06 Å². The van der Waals surface area contributed by atoms with Gasteiger partial charge in [-0.05, 0) is 13.8 Å². The lowest BCUT2D eigenvalue weighted by atomic mass is 10.0. The van der Waals surface area contributed by atoms with E-state index in [0.29, 0.717) is 5.84 Å². The van der Waals surface area contributed by atoms with E-state index in [1.165, 1.54) is 0 Å². The summed E-state index contributed by atoms with van der Waals surface area (Å²) in [7, 11) is 0. The first-order valence-corrected chi connectivity index (χ1v) is 3.69. The van der Waals surface area contributed by atoms with Gasteiger partial charge in [0.05, 0.1) is 0 Å². The number of nitrogens with two attached hydrogens (primary N) is 1. The predicted octanol–water partition coefficient (Wildman–Crippen LogP) is -0.745. The summed E-state index contributed by atoms with van der Waals surface area (Å²) >= 11 is 0. The van der Waals surface area contributed by atoms with Crippen molar-refractivity contribution in [2.75, 3.05) is 0 Å². The van der Waals surface area contributed by atoms with E-state index >= 15 is 0 Å². The third kappa shape index (κ3) is 1.02. The maximum Gasteiger partial charge on any atom is 0.187 e. The van der Waals surface area contributed by atoms with Crippen molar-refractivity contribution in [2.24, 2.45) is 10.7 Å². The predicted molar refractivity (Wildman–Crippen MR) is 44.1 cm³/mol. The van der Waals surface area contributed by atoms with Crippen LogP contribution in [0, 0.1) is 5.21 Å². The quantitative estimate of drug-likeness (QED) is 0.455. The molecule has 0 amide bonds. The standard InChI is InChI=1S/C7H15N3O/c1-6(2)5(8)9-7(3,4)10(6)11/h10H,1-4H3,(H2,8,9). The normalized spacial score (nSPS) is 33.5. The van der Waals surface area contributed by atoms with Gasteiger partial charge in [0.1, 0.15) is 0 Å². The van der Waals surface area contributed by atoms with Crippen LogP contribution in [0.1, 0.15) is 27.7 Å². The van der Waals surface area contributed by atoms with Crippen molar-refractivity contribution in [1.29, 1.82) is 0 Å². The van der Waals surface area contributed by atoms with Crippen molar-refractivity contribution in [3.05, 3.63) is 5.21 Å². The lowest BCUT2D eigenvalue weighted by Gasteiger charge is -2.38. The molecule has 1 aliphatic heterocycles. The number of quaternary nitrogens is 1. The van der Waals surface area contributed by atoms with Gasteiger partial charge in [-0.25, -0.2) is 4.99 Å². The molecule has 1 aliphatic rings. The summed E-state index contributed by atoms with van der Waals surface area (Å²) in [5.74, 6) is 0.451. The molecular formula is C7H15N3O. The van der Waals surface area contributed by atoms with Crippen LogP contribution in [0.3, 0.4) is 0 Å². The molecule has 1 unspecified atom stereocenters. The molecule has 11 heavy (non-hydrogen) atoms. The van der Waals surface area contributed by atoms with Crippen LogP contribution in [0.2, 0.25) is 0 Å². The Morgan fingerprint density at radius 3 is 1.91 bits per heavy atom. The highest BCUT2D eigenvalue weighted by Crippen LogP contribution is 2.13. The topological polar surface area (TPSA) is 65.9 Å². The summed E-state index contributed by atoms with van der Waals surface area (Å²) in [5.41, 5.74) is 4.42. The minimum atomic E-state index is -0.617. The van der Waals surface area contributed by atoms with Crippen LogP contribution < -0.4 is 10.8 Å². The van der Waals surface area contributed by atoms with Crippen LogP contribution in [-0.2, 0) is 0 Å². The molecule has 1 atom stereocenters. The molecule has 0 aliphatic carbocycles. The van der Waals surface area contributed by atoms with Crippen LogP contribution in [0.4, 0.5) is 0 Å². The highest BCUT2D eigenvalue weighted by Gasteiger charge is 2.46. The summed E-state index contributed by atoms with van der Waals surface area (Å²) in [6.45, 7) is 7.19. The number of amidine groups is 1. The number of nitrogens with one attached hydrogen (secondary N) is 1. The molecule has 0 aromatic carbocycles. The number of hydrogen-bond donors (Lipinski definition) is 2. The van der Waals surface area contributed by atoms with E-state index in [1.54, 1.807) is 13.8 Å². The lowest BCUT2D eigenvalue weighted by Crippen LogP contribution is -3.20. The molecule has 0 saturated heterocycles. The van der Waals surface area contributed by atoms with Gasteiger partial charge in [-0.15, -0.1) is 0 Å². The van der Waals surface area contributed by atoms with E-state index < -0.39 is 11.2 Å². The maximum absolute atomic E-state index is 11.6. The number of hydrogen-bond acceptors (Lipinski definition) is 3. The average molecular weight is 157 g/mol. The van der Waals surface area contributed by atoms with E-state index in [1.807, 2.05) is 13.8 Å². The maximum atomic E-state index is 11.6. The average Bonchev–Trinajstić information content (AvgIpc) is 1.94. The van der Waals surface area contributed by atoms with E-state index in [2.05, 4.69) is 4.99 Å². The number of rotatable bonds is 0. The van der Waals surface area contributed by atoms with Crippen molar-refractivity contribution < 1.29 is 5.06 Å². The van der Waals surface area contributed by atoms with Crippen molar-refractivity contribution in [3.63, 3.8) is 0 Å². The minimum absolute atomic E-state index is 0.0995. The van der Waals surface area contributed by atoms with Gasteiger partial charge >= 0.3 is 0 Å². The van der Waals surface area contributed by atoms with Crippen molar-refractivity contribution >= 4 is 5.84 Å². The first kappa shape index (κ1) is 8.49. The Morgan fingerprint density at radius 2 is 1.82 bits per heavy atom. The minimum Gasteiger partial charge on any atom is -0.632 e. The third-order valence-corrected chi connectivity index (χ3v) is 2.16. The van der Waals surface area contributed by atoms with E-state index in [4.69, 9.17) is 5.73 Å². The molecule has 4 heteroatoms. The Bertz CT molecular complexity index is 208. The zero-order valence-corrected chi connectivity index (χ0v) is 7.43. The van der Waals surface area contributed by atoms with E-state index in [0.717, 1.165) is 0 Å². The van der Waals surface area contributed by atoms with Gasteiger partial charge in [-0.2, -0.15) is 0 Å². The van der Waals surface area contributed by atoms with Gasteiger partial charge < -0.3 is 16.0 Å². The Balaban J connectivity index is 3.04. The molecule has 0 aromatic rings. The molecule has 0 bridgehead atoms. The first-order chi connectivity index (χ1) is 4.78. The number of hydroxylamine groups is 2. The monoisotopic (exact) mass is 157 g/mol. The van der Waals surface area contributed by atoms with Crippen molar-refractivity contribution in [1.82, 2.24) is 0 Å². The summed E-state index contributed by atoms with van der Waals surface area (Å²) in [5, 5.41) is 11.7. The Hall–Kier alpha value is -0.610. The van der Waals surface area contributed by atoms with Crippen molar-refractivity contribution in [3.8, 4) is 0 Å². The van der Waals surface area contributed by atoms with Crippen LogP contribution in [0.25, 0.3) is 0 Å². The molecule has 4 nitrogen and oxygen atoms in total. The van der Waals surface area contributed by atoms with Crippen LogP contribution in [-0.4, -0.2) is 17.0 Å². The Kier molecular flexibility index (Phi) is 1.51. The smallest absolute Gasteiger partial charge is 0.187 e. The van der Waals surface area contributed by atoms with Crippen LogP contribution in [0.15, 0.2) is 4.99 Å². The Morgan fingerprint density at radius 1 is 1.36 bits per heavy atom. The van der Waals surface area contributed by atoms with Gasteiger partial charge in [-0.1, -0.05) is 0 Å². The number of nitrogens with zero attached hydrogens (tertiary/aromatic N) is 1. The second kappa shape index (κ2) is 1.95. The highest BCUT2D eigenvalue weighted by molar-refractivity contribution is 5.89. The van der Waals surface area contributed by atoms with Crippen LogP contribution >= 0.6 is 0 Å². The zero-order chi connectivity index (χ0) is 8.86. The van der Waals surface area contributed by atoms with Crippen molar-refractivity contribution in [2.45, 2.75) is 38.9 Å². The molecule has 64 valence electrons. The lowest BCUT2D eigenvalue weighted by molar-refractivity contribution is -0.929. The van der Waals surface area contributed by atoms with Gasteiger partial charge in [0.15, 0.2) is 17.0 Å². The molecule has 1 heterocycles. The van der Waals surface area contributed by atoms with E-state index in [9.17, 15) is 5.21 Å². The fourth-order valence-corrected chi connectivity index (χ4v) is 1.37. The molecule has 0 spiro atoms. The molecular weight excluding hydrogens is 142 g/mol. The van der Waals surface area contributed by atoms with Crippen LogP contribution in [0.5, 0.6) is 0 Å². The van der Waals surface area contributed by atoms with Gasteiger partial charge in [0.2, 0.25) is 0 Å². The highest BCUT2D eigenvalue weighted by atomic mass is 16.5. The SMILES string of the molecule is CC1(C)N=C(N)C(C)(C)[NH+]1[O-]. The summed E-state index contributed by atoms with van der Waals surface area (Å²) in [6, 6.07) is 0. The van der Waals surface area contributed by atoms with Gasteiger partial charge in [0.25, 0.3) is 0 Å². The molecule has 0 saturated carbocycles. The summed E-state index contributed by atoms with van der Waals surface area (Å²) < 4.78 is 0. The fourth-order valence-electron chi connectivity index (χ4n) is 1.37. The first-order valence-electron chi connectivity index (χ1n) is 3.69. The second-order valence-electron chi connectivity index (χ2n) is 4.01. The summed E-state index contributed by atoms with van der Waals surface area (Å²) in [6.07, 6.45) is 0. The zero-order valence-electron chi connectivity index (χ0n) is 7.43. The largest absolute Gasteiger partial charge is 0.632 e. The number of aliphatic imine (C=N–C) groups is 1. The molecule has 0 radical (unpaired) electrons. The second-order valence-corrected chi connectivity index (χ2v) is 4.01. The summed E-state index contributed by atoms with van der Waals surface area (Å²) in [4.78, 5) is 4.10. The molecule has 0 fully saturated rings. The molecule has 0 aromatic heterocycles. The van der Waals surface area contributed by atoms with Gasteiger partial charge in [-0.3, -0.25) is 0 Å². The third-order valence-electron chi connectivity index (χ3n) is 2.16.